The summed E-state index contributed by atoms with van der Waals surface area (Å²) in [4.78, 5) is 10.8. The normalized spacial score (nSPS) is 11.4. The molecule has 0 saturated heterocycles. The summed E-state index contributed by atoms with van der Waals surface area (Å²) in [5.74, 6) is 0.486. The lowest BCUT2D eigenvalue weighted by molar-refractivity contribution is -0.121. The number of ether oxygens (including phenoxy) is 1. The van der Waals surface area contributed by atoms with Gasteiger partial charge in [0, 0.05) is 19.6 Å². The SMILES string of the molecule is CC.CCC(CCOC)C(C)=O. The van der Waals surface area contributed by atoms with E-state index in [4.69, 9.17) is 4.74 Å². The second-order valence-corrected chi connectivity index (χ2v) is 2.50. The molecule has 0 bridgehead atoms. The van der Waals surface area contributed by atoms with Crippen LogP contribution in [0.25, 0.3) is 0 Å². The molecule has 0 spiro atoms. The fourth-order valence-corrected chi connectivity index (χ4v) is 0.955. The lowest BCUT2D eigenvalue weighted by Crippen LogP contribution is -2.11. The third-order valence-electron chi connectivity index (χ3n) is 1.74. The topological polar surface area (TPSA) is 26.3 Å². The van der Waals surface area contributed by atoms with Gasteiger partial charge in [0.15, 0.2) is 0 Å². The minimum atomic E-state index is 0.208. The summed E-state index contributed by atoms with van der Waals surface area (Å²) >= 11 is 0. The molecule has 2 nitrogen and oxygen atoms in total. The zero-order valence-corrected chi connectivity index (χ0v) is 9.02. The molecule has 1 unspecified atom stereocenters. The molecule has 0 aliphatic carbocycles. The average Bonchev–Trinajstić information content (AvgIpc) is 2.09. The maximum Gasteiger partial charge on any atom is 0.132 e. The Balaban J connectivity index is 0. The largest absolute Gasteiger partial charge is 0.385 e. The standard InChI is InChI=1S/C8H16O2.C2H6/c1-4-8(7(2)9)5-6-10-3;1-2/h8H,4-6H2,1-3H3;1-2H3. The number of rotatable bonds is 5. The number of hydrogen-bond donors (Lipinski definition) is 0. The first-order valence-electron chi connectivity index (χ1n) is 4.71. The molecule has 12 heavy (non-hydrogen) atoms. The zero-order valence-electron chi connectivity index (χ0n) is 9.02. The number of ketones is 1. The van der Waals surface area contributed by atoms with Crippen LogP contribution in [0.5, 0.6) is 0 Å². The van der Waals surface area contributed by atoms with Gasteiger partial charge in [-0.3, -0.25) is 4.79 Å². The predicted octanol–water partition coefficient (Wildman–Crippen LogP) is 2.66. The van der Waals surface area contributed by atoms with Gasteiger partial charge in [0.25, 0.3) is 0 Å². The molecule has 0 amide bonds. The molecule has 0 fully saturated rings. The first-order chi connectivity index (χ1) is 5.72. The van der Waals surface area contributed by atoms with E-state index < -0.39 is 0 Å². The highest BCUT2D eigenvalue weighted by atomic mass is 16.5. The summed E-state index contributed by atoms with van der Waals surface area (Å²) in [7, 11) is 1.66. The minimum Gasteiger partial charge on any atom is -0.385 e. The monoisotopic (exact) mass is 174 g/mol. The molecule has 74 valence electrons. The summed E-state index contributed by atoms with van der Waals surface area (Å²) in [5, 5.41) is 0. The molecule has 0 rings (SSSR count). The van der Waals surface area contributed by atoms with Crippen LogP contribution in [0.2, 0.25) is 0 Å². The van der Waals surface area contributed by atoms with Crippen molar-refractivity contribution in [2.75, 3.05) is 13.7 Å². The van der Waals surface area contributed by atoms with E-state index in [1.807, 2.05) is 20.8 Å². The summed E-state index contributed by atoms with van der Waals surface area (Å²) in [6, 6.07) is 0. The summed E-state index contributed by atoms with van der Waals surface area (Å²) in [6.45, 7) is 8.36. The predicted molar refractivity (Wildman–Crippen MR) is 52.3 cm³/mol. The van der Waals surface area contributed by atoms with E-state index in [-0.39, 0.29) is 11.7 Å². The highest BCUT2D eigenvalue weighted by Crippen LogP contribution is 2.08. The zero-order chi connectivity index (χ0) is 9.98. The molecular weight excluding hydrogens is 152 g/mol. The molecule has 0 saturated carbocycles. The van der Waals surface area contributed by atoms with Crippen LogP contribution in [-0.2, 0) is 9.53 Å². The Labute approximate surface area is 76.3 Å². The van der Waals surface area contributed by atoms with Gasteiger partial charge in [0.05, 0.1) is 0 Å². The van der Waals surface area contributed by atoms with Crippen molar-refractivity contribution >= 4 is 5.78 Å². The maximum absolute atomic E-state index is 10.8. The van der Waals surface area contributed by atoms with Crippen LogP contribution < -0.4 is 0 Å². The molecule has 0 aliphatic heterocycles. The van der Waals surface area contributed by atoms with Gasteiger partial charge in [-0.2, -0.15) is 0 Å². The van der Waals surface area contributed by atoms with Crippen molar-refractivity contribution in [2.45, 2.75) is 40.5 Å². The molecule has 0 radical (unpaired) electrons. The summed E-state index contributed by atoms with van der Waals surface area (Å²) in [5.41, 5.74) is 0. The highest BCUT2D eigenvalue weighted by Gasteiger charge is 2.09. The average molecular weight is 174 g/mol. The molecule has 0 heterocycles. The molecule has 0 aromatic rings. The highest BCUT2D eigenvalue weighted by molar-refractivity contribution is 5.78. The quantitative estimate of drug-likeness (QED) is 0.640. The number of Topliss-reactive ketones (excluding diaryl/α,β-unsaturated/α-hetero) is 1. The molecular formula is C10H22O2. The lowest BCUT2D eigenvalue weighted by Gasteiger charge is -2.08. The molecule has 1 atom stereocenters. The van der Waals surface area contributed by atoms with Crippen molar-refractivity contribution in [3.05, 3.63) is 0 Å². The third-order valence-corrected chi connectivity index (χ3v) is 1.74. The number of carbonyl (C=O) groups excluding carboxylic acids is 1. The number of methoxy groups -OCH3 is 1. The van der Waals surface area contributed by atoms with Crippen molar-refractivity contribution in [3.63, 3.8) is 0 Å². The van der Waals surface area contributed by atoms with E-state index in [0.717, 1.165) is 12.8 Å². The fourth-order valence-electron chi connectivity index (χ4n) is 0.955. The Hall–Kier alpha value is -0.370. The van der Waals surface area contributed by atoms with Gasteiger partial charge in [-0.25, -0.2) is 0 Å². The molecule has 0 aromatic carbocycles. The third kappa shape index (κ3) is 7.73. The molecule has 0 N–H and O–H groups in total. The second kappa shape index (κ2) is 10.6. The van der Waals surface area contributed by atoms with E-state index >= 15 is 0 Å². The van der Waals surface area contributed by atoms with Crippen LogP contribution in [0.4, 0.5) is 0 Å². The first-order valence-corrected chi connectivity index (χ1v) is 4.71. The smallest absolute Gasteiger partial charge is 0.132 e. The van der Waals surface area contributed by atoms with E-state index in [1.165, 1.54) is 0 Å². The minimum absolute atomic E-state index is 0.208. The Kier molecular flexibility index (Phi) is 12.6. The van der Waals surface area contributed by atoms with Crippen molar-refractivity contribution in [2.24, 2.45) is 5.92 Å². The maximum atomic E-state index is 10.8. The Bertz CT molecular complexity index is 100. The van der Waals surface area contributed by atoms with E-state index in [2.05, 4.69) is 0 Å². The van der Waals surface area contributed by atoms with Crippen LogP contribution in [0.3, 0.4) is 0 Å². The van der Waals surface area contributed by atoms with Crippen LogP contribution in [-0.4, -0.2) is 19.5 Å². The second-order valence-electron chi connectivity index (χ2n) is 2.50. The van der Waals surface area contributed by atoms with Crippen LogP contribution in [0.1, 0.15) is 40.5 Å². The van der Waals surface area contributed by atoms with Crippen molar-refractivity contribution in [1.29, 1.82) is 0 Å². The Morgan fingerprint density at radius 3 is 2.17 bits per heavy atom. The van der Waals surface area contributed by atoms with Gasteiger partial charge in [0.2, 0.25) is 0 Å². The van der Waals surface area contributed by atoms with Gasteiger partial charge in [0.1, 0.15) is 5.78 Å². The van der Waals surface area contributed by atoms with Crippen molar-refractivity contribution in [3.8, 4) is 0 Å². The van der Waals surface area contributed by atoms with Gasteiger partial charge in [-0.15, -0.1) is 0 Å². The van der Waals surface area contributed by atoms with Crippen LogP contribution >= 0.6 is 0 Å². The van der Waals surface area contributed by atoms with Crippen molar-refractivity contribution in [1.82, 2.24) is 0 Å². The van der Waals surface area contributed by atoms with Gasteiger partial charge in [-0.05, 0) is 19.8 Å². The Morgan fingerprint density at radius 2 is 1.92 bits per heavy atom. The van der Waals surface area contributed by atoms with Crippen molar-refractivity contribution < 1.29 is 9.53 Å². The summed E-state index contributed by atoms with van der Waals surface area (Å²) < 4.78 is 4.87. The van der Waals surface area contributed by atoms with Gasteiger partial charge in [-0.1, -0.05) is 20.8 Å². The van der Waals surface area contributed by atoms with Crippen LogP contribution in [0, 0.1) is 5.92 Å². The Morgan fingerprint density at radius 1 is 1.42 bits per heavy atom. The van der Waals surface area contributed by atoms with Crippen LogP contribution in [0.15, 0.2) is 0 Å². The molecule has 2 heteroatoms. The molecule has 0 aromatic heterocycles. The molecule has 0 aliphatic rings. The lowest BCUT2D eigenvalue weighted by atomic mass is 9.99. The number of carbonyl (C=O) groups is 1. The van der Waals surface area contributed by atoms with E-state index in [9.17, 15) is 4.79 Å². The number of hydrogen-bond acceptors (Lipinski definition) is 2. The summed E-state index contributed by atoms with van der Waals surface area (Å²) in [6.07, 6.45) is 1.79. The fraction of sp³-hybridized carbons (Fsp3) is 0.900. The van der Waals surface area contributed by atoms with E-state index in [1.54, 1.807) is 14.0 Å². The van der Waals surface area contributed by atoms with Gasteiger partial charge < -0.3 is 4.74 Å². The van der Waals surface area contributed by atoms with E-state index in [0.29, 0.717) is 6.61 Å². The van der Waals surface area contributed by atoms with Gasteiger partial charge >= 0.3 is 0 Å². The first kappa shape index (κ1) is 14.2.